The molecule has 0 radical (unpaired) electrons. The number of hydrogen-bond donors (Lipinski definition) is 7. The van der Waals surface area contributed by atoms with E-state index in [0.29, 0.717) is 4.57 Å². The summed E-state index contributed by atoms with van der Waals surface area (Å²) in [6, 6.07) is 0.836. The normalized spacial score (nSPS) is 33.0. The van der Waals surface area contributed by atoms with Gasteiger partial charge in [-0.25, -0.2) is 22.6 Å². The number of rotatable bonds is 8. The van der Waals surface area contributed by atoms with Crippen LogP contribution in [0.15, 0.2) is 21.9 Å². The summed E-state index contributed by atoms with van der Waals surface area (Å²) in [6.07, 6.45) is -3.56. The van der Waals surface area contributed by atoms with Gasteiger partial charge in [0.25, 0.3) is 11.4 Å². The topological polar surface area (TPSA) is 247 Å². The molecule has 0 amide bonds. The molecule has 1 aromatic heterocycles. The third-order valence-electron chi connectivity index (χ3n) is 3.71. The Morgan fingerprint density at radius 2 is 1.87 bits per heavy atom. The number of hydrogen-bond acceptors (Lipinski definition) is 11. The minimum absolute atomic E-state index is 0.535. The van der Waals surface area contributed by atoms with Crippen molar-refractivity contribution in [2.75, 3.05) is 6.61 Å². The molecule has 31 heavy (non-hydrogen) atoms. The van der Waals surface area contributed by atoms with Gasteiger partial charge in [-0.3, -0.25) is 14.3 Å². The van der Waals surface area contributed by atoms with Gasteiger partial charge in [0, 0.05) is 12.3 Å². The molecule has 1 saturated heterocycles. The molecule has 2 unspecified atom stereocenters. The van der Waals surface area contributed by atoms with Gasteiger partial charge < -0.3 is 39.0 Å². The van der Waals surface area contributed by atoms with Crippen LogP contribution in [0.25, 0.3) is 0 Å². The second-order valence-corrected chi connectivity index (χ2v) is 12.1. The molecule has 7 N–H and O–H groups in total. The van der Waals surface area contributed by atoms with Crippen LogP contribution in [0.4, 0.5) is 4.39 Å². The number of aliphatic hydroxyl groups is 2. The lowest BCUT2D eigenvalue weighted by atomic mass is 9.95. The van der Waals surface area contributed by atoms with Crippen LogP contribution < -0.4 is 11.2 Å². The molecule has 1 fully saturated rings. The van der Waals surface area contributed by atoms with E-state index < -0.39 is 64.0 Å². The van der Waals surface area contributed by atoms with Gasteiger partial charge in [0.2, 0.25) is 0 Å². The van der Waals surface area contributed by atoms with E-state index in [1.807, 2.05) is 4.98 Å². The van der Waals surface area contributed by atoms with E-state index in [0.717, 1.165) is 19.2 Å². The van der Waals surface area contributed by atoms with Gasteiger partial charge in [-0.1, -0.05) is 0 Å². The van der Waals surface area contributed by atoms with Crippen LogP contribution in [0.1, 0.15) is 13.2 Å². The summed E-state index contributed by atoms with van der Waals surface area (Å²) in [7, 11) is -11.2. The van der Waals surface area contributed by atoms with Crippen molar-refractivity contribution in [3.05, 3.63) is 33.1 Å². The average molecular weight is 532 g/mol. The molecule has 0 aliphatic carbocycles. The summed E-state index contributed by atoms with van der Waals surface area (Å²) >= 11 is 4.31. The van der Waals surface area contributed by atoms with Crippen LogP contribution in [0.2, 0.25) is 0 Å². The molecule has 1 aliphatic rings. The van der Waals surface area contributed by atoms with E-state index in [2.05, 4.69) is 25.0 Å². The number of H-pyrrole nitrogens is 1. The van der Waals surface area contributed by atoms with Gasteiger partial charge in [-0.05, 0) is 18.7 Å². The number of aromatic amines is 1. The van der Waals surface area contributed by atoms with Crippen LogP contribution in [0.3, 0.4) is 0 Å². The summed E-state index contributed by atoms with van der Waals surface area (Å²) in [5.41, 5.74) is -4.48. The molecule has 0 bridgehead atoms. The van der Waals surface area contributed by atoms with E-state index in [-0.39, 0.29) is 0 Å². The lowest BCUT2D eigenvalue weighted by Gasteiger charge is -2.28. The van der Waals surface area contributed by atoms with E-state index in [4.69, 9.17) is 14.5 Å². The summed E-state index contributed by atoms with van der Waals surface area (Å²) in [4.78, 5) is 60.8. The Balaban J connectivity index is 2.22. The standard InChI is InChI=1S/C10H16FN2O14P3S/c1-9(17)6(15)10(11,25-7(9)13-3-2-5(14)12-8(13)16)4-24-30(23,31)27-29(21,22)26-28(18,19)20/h2-3,6-7,15,17H,4H2,1H3,(H,21,22)(H,23,31)(H,12,14,16)(H2,18,19,20)/t6-,7?,9+,10+,30+/m0/s1. The highest BCUT2D eigenvalue weighted by Crippen LogP contribution is 2.66. The molecule has 2 rings (SSSR count). The molecular weight excluding hydrogens is 516 g/mol. The van der Waals surface area contributed by atoms with Crippen molar-refractivity contribution in [2.45, 2.75) is 30.7 Å². The zero-order valence-corrected chi connectivity index (χ0v) is 18.5. The zero-order valence-electron chi connectivity index (χ0n) is 15.0. The molecule has 0 aromatic carbocycles. The summed E-state index contributed by atoms with van der Waals surface area (Å²) in [5.74, 6) is -3.40. The average Bonchev–Trinajstić information content (AvgIpc) is 2.71. The number of ether oxygens (including phenoxy) is 1. The number of alkyl halides is 1. The van der Waals surface area contributed by atoms with E-state index in [1.165, 1.54) is 0 Å². The second kappa shape index (κ2) is 8.59. The Labute approximate surface area is 175 Å². The Hall–Kier alpha value is -0.680. The van der Waals surface area contributed by atoms with Crippen LogP contribution >= 0.6 is 22.4 Å². The number of nitrogens with zero attached hydrogens (tertiary/aromatic N) is 1. The fraction of sp³-hybridized carbons (Fsp3) is 0.600. The number of aromatic nitrogens is 2. The Bertz CT molecular complexity index is 1100. The first-order valence-electron chi connectivity index (χ1n) is 7.65. The maximum Gasteiger partial charge on any atom is 0.488 e. The van der Waals surface area contributed by atoms with Crippen molar-refractivity contribution < 1.29 is 61.2 Å². The van der Waals surface area contributed by atoms with Crippen LogP contribution in [0.5, 0.6) is 0 Å². The first-order chi connectivity index (χ1) is 13.8. The van der Waals surface area contributed by atoms with Crippen molar-refractivity contribution in [3.63, 3.8) is 0 Å². The highest BCUT2D eigenvalue weighted by Gasteiger charge is 2.63. The number of aliphatic hydroxyl groups excluding tert-OH is 1. The van der Waals surface area contributed by atoms with Gasteiger partial charge in [0.05, 0.1) is 0 Å². The molecule has 21 heteroatoms. The van der Waals surface area contributed by atoms with Gasteiger partial charge in [0.1, 0.15) is 18.3 Å². The largest absolute Gasteiger partial charge is 0.488 e. The number of phosphoric acid groups is 2. The van der Waals surface area contributed by atoms with Gasteiger partial charge >= 0.3 is 28.1 Å². The minimum Gasteiger partial charge on any atom is -0.384 e. The molecule has 1 aliphatic heterocycles. The van der Waals surface area contributed by atoms with Crippen molar-refractivity contribution in [1.82, 2.24) is 9.55 Å². The predicted molar refractivity (Wildman–Crippen MR) is 98.4 cm³/mol. The predicted octanol–water partition coefficient (Wildman–Crippen LogP) is -1.70. The highest BCUT2D eigenvalue weighted by molar-refractivity contribution is 8.08. The molecule has 2 heterocycles. The third kappa shape index (κ3) is 6.43. The van der Waals surface area contributed by atoms with Crippen LogP contribution in [-0.2, 0) is 38.8 Å². The van der Waals surface area contributed by atoms with Crippen molar-refractivity contribution in [2.24, 2.45) is 0 Å². The maximum absolute atomic E-state index is 15.2. The number of nitrogens with one attached hydrogen (secondary N) is 1. The lowest BCUT2D eigenvalue weighted by molar-refractivity contribution is -0.204. The molecule has 6 atom stereocenters. The quantitative estimate of drug-likeness (QED) is 0.184. The van der Waals surface area contributed by atoms with Gasteiger partial charge in [-0.2, -0.15) is 4.31 Å². The third-order valence-corrected chi connectivity index (χ3v) is 8.41. The van der Waals surface area contributed by atoms with Crippen molar-refractivity contribution in [1.29, 1.82) is 0 Å². The molecular formula is C10H16FN2O14P3S. The smallest absolute Gasteiger partial charge is 0.384 e. The SMILES string of the molecule is C[C@]1(O)C(n2ccc(=O)[nH]c2=O)O[C@](F)(CO[P@@](O)(=S)OP(=O)(O)OP(=O)(O)O)[C@H]1O. The number of halogens is 1. The monoisotopic (exact) mass is 532 g/mol. The second-order valence-electron chi connectivity index (χ2n) is 6.27. The minimum atomic E-state index is -5.68. The van der Waals surface area contributed by atoms with Gasteiger partial charge in [-0.15, -0.1) is 0 Å². The first kappa shape index (κ1) is 26.6. The van der Waals surface area contributed by atoms with E-state index >= 15 is 4.39 Å². The van der Waals surface area contributed by atoms with Crippen molar-refractivity contribution in [3.8, 4) is 0 Å². The maximum atomic E-state index is 15.2. The molecule has 16 nitrogen and oxygen atoms in total. The molecule has 178 valence electrons. The fourth-order valence-electron chi connectivity index (χ4n) is 2.48. The van der Waals surface area contributed by atoms with Crippen molar-refractivity contribution >= 4 is 34.2 Å². The van der Waals surface area contributed by atoms with E-state index in [1.54, 1.807) is 0 Å². The molecule has 0 spiro atoms. The first-order valence-corrected chi connectivity index (χ1v) is 13.3. The Morgan fingerprint density at radius 1 is 1.29 bits per heavy atom. The Kier molecular flexibility index (Phi) is 7.36. The van der Waals surface area contributed by atoms with E-state index in [9.17, 15) is 38.7 Å². The molecule has 1 aromatic rings. The summed E-state index contributed by atoms with van der Waals surface area (Å²) in [5, 5.41) is 20.6. The zero-order chi connectivity index (χ0) is 24.0. The van der Waals surface area contributed by atoms with Gasteiger partial charge in [0.15, 0.2) is 6.23 Å². The Morgan fingerprint density at radius 3 is 2.39 bits per heavy atom. The van der Waals surface area contributed by atoms with Crippen LogP contribution in [0, 0.1) is 0 Å². The summed E-state index contributed by atoms with van der Waals surface area (Å²) in [6.45, 7) is -5.64. The summed E-state index contributed by atoms with van der Waals surface area (Å²) < 4.78 is 54.4. The molecule has 0 saturated carbocycles. The fourth-order valence-corrected chi connectivity index (χ4v) is 6.43. The highest BCUT2D eigenvalue weighted by atomic mass is 32.5. The lowest BCUT2D eigenvalue weighted by Crippen LogP contribution is -2.50. The van der Waals surface area contributed by atoms with Crippen LogP contribution in [-0.4, -0.2) is 63.5 Å².